The molecule has 0 fully saturated rings. The second kappa shape index (κ2) is 7.51. The van der Waals surface area contributed by atoms with Gasteiger partial charge < -0.3 is 14.5 Å². The zero-order valence-corrected chi connectivity index (χ0v) is 15.4. The van der Waals surface area contributed by atoms with Crippen LogP contribution in [0.25, 0.3) is 11.5 Å². The maximum absolute atomic E-state index is 13.6. The first-order valence-corrected chi connectivity index (χ1v) is 8.23. The number of benzene rings is 1. The molecule has 0 saturated heterocycles. The van der Waals surface area contributed by atoms with Gasteiger partial charge in [-0.15, -0.1) is 0 Å². The molecule has 0 aliphatic carbocycles. The van der Waals surface area contributed by atoms with Crippen molar-refractivity contribution in [2.45, 2.75) is 13.1 Å². The van der Waals surface area contributed by atoms with Gasteiger partial charge in [0, 0.05) is 11.2 Å². The maximum Gasteiger partial charge on any atom is 0.437 e. The SMILES string of the molecule is COc1cccnc1-c1nc(C(F)(F)F)c(Oc2ccc(C)c(Cl)c2)c(=O)[nH]1. The molecule has 0 aliphatic heterocycles. The van der Waals surface area contributed by atoms with Crippen molar-refractivity contribution >= 4 is 11.6 Å². The number of ether oxygens (including phenoxy) is 2. The molecule has 2 aromatic heterocycles. The number of nitrogens with one attached hydrogen (secondary N) is 1. The Kier molecular flexibility index (Phi) is 5.28. The highest BCUT2D eigenvalue weighted by Gasteiger charge is 2.39. The lowest BCUT2D eigenvalue weighted by Crippen LogP contribution is -2.21. The van der Waals surface area contributed by atoms with Gasteiger partial charge in [0.1, 0.15) is 17.2 Å². The van der Waals surface area contributed by atoms with Gasteiger partial charge in [-0.1, -0.05) is 17.7 Å². The van der Waals surface area contributed by atoms with Crippen LogP contribution in [0.5, 0.6) is 17.2 Å². The summed E-state index contributed by atoms with van der Waals surface area (Å²) >= 11 is 5.96. The zero-order valence-electron chi connectivity index (χ0n) is 14.6. The van der Waals surface area contributed by atoms with E-state index in [-0.39, 0.29) is 22.2 Å². The third kappa shape index (κ3) is 3.94. The average Bonchev–Trinajstić information content (AvgIpc) is 2.65. The van der Waals surface area contributed by atoms with Gasteiger partial charge in [0.25, 0.3) is 5.56 Å². The molecule has 0 radical (unpaired) electrons. The summed E-state index contributed by atoms with van der Waals surface area (Å²) in [5, 5.41) is 0.283. The van der Waals surface area contributed by atoms with Gasteiger partial charge in [-0.25, -0.2) is 9.97 Å². The summed E-state index contributed by atoms with van der Waals surface area (Å²) in [7, 11) is 1.32. The molecule has 0 unspecified atom stereocenters. The van der Waals surface area contributed by atoms with Crippen molar-refractivity contribution in [3.05, 3.63) is 63.2 Å². The summed E-state index contributed by atoms with van der Waals surface area (Å²) in [6, 6.07) is 7.28. The Labute approximate surface area is 161 Å². The summed E-state index contributed by atoms with van der Waals surface area (Å²) in [5.74, 6) is -1.27. The molecule has 0 aliphatic rings. The molecule has 0 bridgehead atoms. The number of hydrogen-bond donors (Lipinski definition) is 1. The van der Waals surface area contributed by atoms with Crippen molar-refractivity contribution in [1.82, 2.24) is 15.0 Å². The van der Waals surface area contributed by atoms with Gasteiger partial charge in [-0.2, -0.15) is 13.2 Å². The number of H-pyrrole nitrogens is 1. The number of halogens is 4. The van der Waals surface area contributed by atoms with Gasteiger partial charge in [-0.3, -0.25) is 4.79 Å². The Morgan fingerprint density at radius 1 is 1.21 bits per heavy atom. The minimum atomic E-state index is -4.95. The molecule has 3 aromatic rings. The van der Waals surface area contributed by atoms with Crippen LogP contribution >= 0.6 is 11.6 Å². The largest absolute Gasteiger partial charge is 0.494 e. The highest BCUT2D eigenvalue weighted by molar-refractivity contribution is 6.31. The zero-order chi connectivity index (χ0) is 20.5. The van der Waals surface area contributed by atoms with Crippen LogP contribution in [0, 0.1) is 6.92 Å². The highest BCUT2D eigenvalue weighted by atomic mass is 35.5. The standard InChI is InChI=1S/C18H13ClF3N3O3/c1-9-5-6-10(8-11(9)19)28-14-15(18(20,21)22)24-16(25-17(14)26)13-12(27-2)4-3-7-23-13/h3-8H,1-2H3,(H,24,25,26). The second-order valence-corrected chi connectivity index (χ2v) is 6.06. The van der Waals surface area contributed by atoms with E-state index in [2.05, 4.69) is 15.0 Å². The van der Waals surface area contributed by atoms with Crippen LogP contribution < -0.4 is 15.0 Å². The smallest absolute Gasteiger partial charge is 0.437 e. The third-order valence-corrected chi connectivity index (χ3v) is 4.13. The van der Waals surface area contributed by atoms with E-state index in [0.29, 0.717) is 5.56 Å². The highest BCUT2D eigenvalue weighted by Crippen LogP contribution is 2.36. The molecule has 6 nitrogen and oxygen atoms in total. The van der Waals surface area contributed by atoms with Gasteiger partial charge in [0.2, 0.25) is 5.75 Å². The van der Waals surface area contributed by atoms with Crippen LogP contribution in [-0.2, 0) is 6.18 Å². The predicted octanol–water partition coefficient (Wildman–Crippen LogP) is 4.61. The first kappa shape index (κ1) is 19.7. The van der Waals surface area contributed by atoms with Crippen LogP contribution in [0.2, 0.25) is 5.02 Å². The van der Waals surface area contributed by atoms with Crippen LogP contribution in [-0.4, -0.2) is 22.1 Å². The second-order valence-electron chi connectivity index (χ2n) is 5.66. The molecule has 2 heterocycles. The van der Waals surface area contributed by atoms with E-state index in [1.54, 1.807) is 13.0 Å². The van der Waals surface area contributed by atoms with E-state index >= 15 is 0 Å². The molecule has 1 N–H and O–H groups in total. The lowest BCUT2D eigenvalue weighted by molar-refractivity contribution is -0.142. The van der Waals surface area contributed by atoms with E-state index < -0.39 is 29.0 Å². The Hall–Kier alpha value is -3.07. The summed E-state index contributed by atoms with van der Waals surface area (Å²) in [6.45, 7) is 1.72. The normalized spacial score (nSPS) is 11.4. The number of aromatic amines is 1. The monoisotopic (exact) mass is 411 g/mol. The number of aryl methyl sites for hydroxylation is 1. The molecule has 0 spiro atoms. The summed E-state index contributed by atoms with van der Waals surface area (Å²) in [5.41, 5.74) is -1.95. The molecule has 0 atom stereocenters. The topological polar surface area (TPSA) is 77.1 Å². The summed E-state index contributed by atoms with van der Waals surface area (Å²) in [6.07, 6.45) is -3.61. The lowest BCUT2D eigenvalue weighted by Gasteiger charge is -2.14. The third-order valence-electron chi connectivity index (χ3n) is 3.72. The average molecular weight is 412 g/mol. The van der Waals surface area contributed by atoms with E-state index in [0.717, 1.165) is 0 Å². The predicted molar refractivity (Wildman–Crippen MR) is 95.9 cm³/mol. The van der Waals surface area contributed by atoms with Crippen molar-refractivity contribution < 1.29 is 22.6 Å². The first-order valence-electron chi connectivity index (χ1n) is 7.85. The molecule has 1 aromatic carbocycles. The van der Waals surface area contributed by atoms with Gasteiger partial charge in [0.15, 0.2) is 11.5 Å². The fourth-order valence-corrected chi connectivity index (χ4v) is 2.52. The molecule has 10 heteroatoms. The van der Waals surface area contributed by atoms with Crippen molar-refractivity contribution in [2.75, 3.05) is 7.11 Å². The maximum atomic E-state index is 13.6. The molecule has 3 rings (SSSR count). The number of rotatable bonds is 4. The lowest BCUT2D eigenvalue weighted by atomic mass is 10.2. The number of hydrogen-bond acceptors (Lipinski definition) is 5. The molecular weight excluding hydrogens is 399 g/mol. The Morgan fingerprint density at radius 2 is 1.96 bits per heavy atom. The van der Waals surface area contributed by atoms with E-state index in [9.17, 15) is 18.0 Å². The molecular formula is C18H13ClF3N3O3. The van der Waals surface area contributed by atoms with Gasteiger partial charge in [0.05, 0.1) is 7.11 Å². The minimum absolute atomic E-state index is 0.0310. The van der Waals surface area contributed by atoms with Crippen LogP contribution in [0.4, 0.5) is 13.2 Å². The van der Waals surface area contributed by atoms with E-state index in [1.807, 2.05) is 0 Å². The summed E-state index contributed by atoms with van der Waals surface area (Å²) < 4.78 is 51.0. The first-order chi connectivity index (χ1) is 13.2. The van der Waals surface area contributed by atoms with Crippen molar-refractivity contribution in [1.29, 1.82) is 0 Å². The van der Waals surface area contributed by atoms with Crippen molar-refractivity contribution in [3.63, 3.8) is 0 Å². The van der Waals surface area contributed by atoms with Gasteiger partial charge in [-0.05, 0) is 36.8 Å². The van der Waals surface area contributed by atoms with Crippen molar-refractivity contribution in [3.8, 4) is 28.8 Å². The van der Waals surface area contributed by atoms with Crippen LogP contribution in [0.1, 0.15) is 11.3 Å². The van der Waals surface area contributed by atoms with Gasteiger partial charge >= 0.3 is 6.18 Å². The fraction of sp³-hybridized carbons (Fsp3) is 0.167. The van der Waals surface area contributed by atoms with E-state index in [1.165, 1.54) is 37.6 Å². The van der Waals surface area contributed by atoms with Crippen LogP contribution in [0.15, 0.2) is 41.3 Å². The number of methoxy groups -OCH3 is 1. The quantitative estimate of drug-likeness (QED) is 0.678. The van der Waals surface area contributed by atoms with E-state index in [4.69, 9.17) is 21.1 Å². The Bertz CT molecular complexity index is 1080. The number of aromatic nitrogens is 3. The van der Waals surface area contributed by atoms with Crippen LogP contribution in [0.3, 0.4) is 0 Å². The summed E-state index contributed by atoms with van der Waals surface area (Å²) in [4.78, 5) is 22.1. The fourth-order valence-electron chi connectivity index (χ4n) is 2.35. The number of pyridine rings is 1. The Balaban J connectivity index is 2.16. The number of nitrogens with zero attached hydrogens (tertiary/aromatic N) is 2. The molecule has 0 amide bonds. The molecule has 146 valence electrons. The van der Waals surface area contributed by atoms with Crippen molar-refractivity contribution in [2.24, 2.45) is 0 Å². The minimum Gasteiger partial charge on any atom is -0.494 e. The molecule has 28 heavy (non-hydrogen) atoms. The molecule has 0 saturated carbocycles. The number of alkyl halides is 3. The Morgan fingerprint density at radius 3 is 2.61 bits per heavy atom.